The number of carboxylic acid groups (broad SMARTS) is 1. The third-order valence-corrected chi connectivity index (χ3v) is 4.36. The van der Waals surface area contributed by atoms with Gasteiger partial charge < -0.3 is 5.11 Å². The van der Waals surface area contributed by atoms with E-state index in [2.05, 4.69) is 0 Å². The molecule has 0 spiro atoms. The lowest BCUT2D eigenvalue weighted by molar-refractivity contribution is -0.139. The molecule has 1 atom stereocenters. The van der Waals surface area contributed by atoms with Gasteiger partial charge in [-0.25, -0.2) is 8.42 Å². The monoisotopic (exact) mass is 274 g/mol. The van der Waals surface area contributed by atoms with Gasteiger partial charge in [-0.05, 0) is 42.5 Å². The number of hydrogen-bond donors (Lipinski definition) is 1. The van der Waals surface area contributed by atoms with Crippen LogP contribution in [-0.4, -0.2) is 19.5 Å². The van der Waals surface area contributed by atoms with Crippen LogP contribution in [0.4, 0.5) is 0 Å². The molecule has 17 heavy (non-hydrogen) atoms. The zero-order valence-corrected chi connectivity index (χ0v) is 10.5. The highest BCUT2D eigenvalue weighted by Crippen LogP contribution is 2.33. The van der Waals surface area contributed by atoms with E-state index in [1.54, 1.807) is 6.07 Å². The van der Waals surface area contributed by atoms with Crippen LogP contribution in [0, 0.1) is 0 Å². The predicted molar refractivity (Wildman–Crippen MR) is 62.8 cm³/mol. The SMILES string of the molecule is O=C(O)C1CCCc2cc(S(=O)(=O)Cl)ccc21. The van der Waals surface area contributed by atoms with Gasteiger partial charge in [0.15, 0.2) is 0 Å². The van der Waals surface area contributed by atoms with Crippen molar-refractivity contribution in [1.82, 2.24) is 0 Å². The molecule has 0 amide bonds. The zero-order chi connectivity index (χ0) is 12.6. The van der Waals surface area contributed by atoms with Crippen molar-refractivity contribution >= 4 is 25.7 Å². The normalized spacial score (nSPS) is 19.7. The molecule has 1 unspecified atom stereocenters. The summed E-state index contributed by atoms with van der Waals surface area (Å²) in [5, 5.41) is 9.07. The van der Waals surface area contributed by atoms with Crippen LogP contribution in [0.25, 0.3) is 0 Å². The molecule has 0 aromatic heterocycles. The molecule has 0 saturated carbocycles. The summed E-state index contributed by atoms with van der Waals surface area (Å²) in [7, 11) is 1.51. The van der Waals surface area contributed by atoms with E-state index < -0.39 is 20.9 Å². The van der Waals surface area contributed by atoms with E-state index in [1.165, 1.54) is 12.1 Å². The molecule has 0 fully saturated rings. The lowest BCUT2D eigenvalue weighted by Gasteiger charge is -2.22. The van der Waals surface area contributed by atoms with Crippen molar-refractivity contribution in [2.75, 3.05) is 0 Å². The number of aryl methyl sites for hydroxylation is 1. The van der Waals surface area contributed by atoms with Crippen LogP contribution in [0.15, 0.2) is 23.1 Å². The zero-order valence-electron chi connectivity index (χ0n) is 8.89. The van der Waals surface area contributed by atoms with Crippen LogP contribution in [-0.2, 0) is 20.3 Å². The number of carboxylic acids is 1. The molecule has 1 aromatic carbocycles. The molecule has 1 aliphatic carbocycles. The minimum Gasteiger partial charge on any atom is -0.481 e. The highest BCUT2D eigenvalue weighted by atomic mass is 35.7. The van der Waals surface area contributed by atoms with Crippen molar-refractivity contribution in [3.8, 4) is 0 Å². The molecule has 0 aliphatic heterocycles. The maximum atomic E-state index is 11.2. The average molecular weight is 275 g/mol. The van der Waals surface area contributed by atoms with Crippen LogP contribution in [0.1, 0.15) is 29.9 Å². The van der Waals surface area contributed by atoms with Crippen molar-refractivity contribution in [3.05, 3.63) is 29.3 Å². The maximum absolute atomic E-state index is 11.2. The molecular weight excluding hydrogens is 264 g/mol. The number of fused-ring (bicyclic) bond motifs is 1. The minimum absolute atomic E-state index is 0.0314. The summed E-state index contributed by atoms with van der Waals surface area (Å²) >= 11 is 0. The second-order valence-electron chi connectivity index (χ2n) is 4.08. The van der Waals surface area contributed by atoms with E-state index >= 15 is 0 Å². The van der Waals surface area contributed by atoms with E-state index in [4.69, 9.17) is 15.8 Å². The Bertz CT molecular complexity index is 565. The summed E-state index contributed by atoms with van der Waals surface area (Å²) in [5.74, 6) is -1.40. The molecule has 1 N–H and O–H groups in total. The smallest absolute Gasteiger partial charge is 0.310 e. The lowest BCUT2D eigenvalue weighted by atomic mass is 9.83. The largest absolute Gasteiger partial charge is 0.481 e. The predicted octanol–water partition coefficient (Wildman–Crippen LogP) is 2.12. The van der Waals surface area contributed by atoms with Crippen molar-refractivity contribution < 1.29 is 18.3 Å². The van der Waals surface area contributed by atoms with Gasteiger partial charge in [-0.15, -0.1) is 0 Å². The van der Waals surface area contributed by atoms with E-state index in [1.807, 2.05) is 0 Å². The number of benzene rings is 1. The first-order valence-electron chi connectivity index (χ1n) is 5.20. The molecule has 0 bridgehead atoms. The van der Waals surface area contributed by atoms with Crippen LogP contribution in [0.5, 0.6) is 0 Å². The number of rotatable bonds is 2. The second kappa shape index (κ2) is 4.31. The third kappa shape index (κ3) is 2.45. The first-order chi connectivity index (χ1) is 7.89. The fraction of sp³-hybridized carbons (Fsp3) is 0.364. The van der Waals surface area contributed by atoms with Crippen LogP contribution < -0.4 is 0 Å². The van der Waals surface area contributed by atoms with Crippen LogP contribution in [0.2, 0.25) is 0 Å². The first kappa shape index (κ1) is 12.4. The van der Waals surface area contributed by atoms with Crippen molar-refractivity contribution in [1.29, 1.82) is 0 Å². The van der Waals surface area contributed by atoms with Gasteiger partial charge in [-0.1, -0.05) is 6.07 Å². The standard InChI is InChI=1S/C11H11ClO4S/c12-17(15,16)8-4-5-9-7(6-8)2-1-3-10(9)11(13)14/h4-6,10H,1-3H2,(H,13,14). The third-order valence-electron chi connectivity index (χ3n) is 3.01. The average Bonchev–Trinajstić information content (AvgIpc) is 2.26. The van der Waals surface area contributed by atoms with Gasteiger partial charge in [0, 0.05) is 10.7 Å². The lowest BCUT2D eigenvalue weighted by Crippen LogP contribution is -2.18. The highest BCUT2D eigenvalue weighted by Gasteiger charge is 2.27. The van der Waals surface area contributed by atoms with Gasteiger partial charge in [0.1, 0.15) is 0 Å². The molecule has 4 nitrogen and oxygen atoms in total. The summed E-state index contributed by atoms with van der Waals surface area (Å²) in [4.78, 5) is 11.1. The molecule has 6 heteroatoms. The van der Waals surface area contributed by atoms with Crippen molar-refractivity contribution in [2.24, 2.45) is 0 Å². The Morgan fingerprint density at radius 2 is 2.12 bits per heavy atom. The fourth-order valence-corrected chi connectivity index (χ4v) is 3.00. The van der Waals surface area contributed by atoms with E-state index in [-0.39, 0.29) is 4.90 Å². The molecule has 1 aromatic rings. The van der Waals surface area contributed by atoms with Crippen LogP contribution >= 0.6 is 10.7 Å². The Hall–Kier alpha value is -1.07. The molecule has 0 heterocycles. The summed E-state index contributed by atoms with van der Waals surface area (Å²) in [6, 6.07) is 4.40. The Morgan fingerprint density at radius 1 is 1.41 bits per heavy atom. The summed E-state index contributed by atoms with van der Waals surface area (Å²) in [5.41, 5.74) is 1.47. The topological polar surface area (TPSA) is 71.4 Å². The summed E-state index contributed by atoms with van der Waals surface area (Å²) in [6.45, 7) is 0. The quantitative estimate of drug-likeness (QED) is 0.839. The molecule has 2 rings (SSSR count). The Kier molecular flexibility index (Phi) is 3.14. The Morgan fingerprint density at radius 3 is 2.71 bits per heavy atom. The Labute approximate surface area is 104 Å². The molecule has 0 radical (unpaired) electrons. The molecule has 92 valence electrons. The van der Waals surface area contributed by atoms with Gasteiger partial charge in [0.2, 0.25) is 0 Å². The minimum atomic E-state index is -3.75. The van der Waals surface area contributed by atoms with Crippen molar-refractivity contribution in [3.63, 3.8) is 0 Å². The summed E-state index contributed by atoms with van der Waals surface area (Å²) < 4.78 is 22.4. The molecular formula is C11H11ClO4S. The Balaban J connectivity index is 2.51. The summed E-state index contributed by atoms with van der Waals surface area (Å²) in [6.07, 6.45) is 2.03. The van der Waals surface area contributed by atoms with E-state index in [0.717, 1.165) is 12.0 Å². The number of halogens is 1. The number of carbonyl (C=O) groups is 1. The second-order valence-corrected chi connectivity index (χ2v) is 6.65. The number of hydrogen-bond acceptors (Lipinski definition) is 3. The maximum Gasteiger partial charge on any atom is 0.310 e. The van der Waals surface area contributed by atoms with Gasteiger partial charge >= 0.3 is 5.97 Å². The van der Waals surface area contributed by atoms with E-state index in [0.29, 0.717) is 18.4 Å². The fourth-order valence-electron chi connectivity index (χ4n) is 2.20. The van der Waals surface area contributed by atoms with Gasteiger partial charge in [0.25, 0.3) is 9.05 Å². The molecule has 0 saturated heterocycles. The van der Waals surface area contributed by atoms with Gasteiger partial charge in [-0.2, -0.15) is 0 Å². The van der Waals surface area contributed by atoms with Crippen LogP contribution in [0.3, 0.4) is 0 Å². The van der Waals surface area contributed by atoms with Gasteiger partial charge in [-0.3, -0.25) is 4.79 Å². The van der Waals surface area contributed by atoms with Gasteiger partial charge in [0.05, 0.1) is 10.8 Å². The van der Waals surface area contributed by atoms with Crippen molar-refractivity contribution in [2.45, 2.75) is 30.1 Å². The highest BCUT2D eigenvalue weighted by molar-refractivity contribution is 8.13. The number of aliphatic carboxylic acids is 1. The molecule has 1 aliphatic rings. The van der Waals surface area contributed by atoms with E-state index in [9.17, 15) is 13.2 Å². The first-order valence-corrected chi connectivity index (χ1v) is 7.51.